The van der Waals surface area contributed by atoms with E-state index in [0.29, 0.717) is 17.1 Å². The largest absolute Gasteiger partial charge is 0.370 e. The summed E-state index contributed by atoms with van der Waals surface area (Å²) in [5, 5.41) is 3.07. The molecule has 0 atom stereocenters. The van der Waals surface area contributed by atoms with Gasteiger partial charge in [0.2, 0.25) is 0 Å². The average Bonchev–Trinajstić information content (AvgIpc) is 2.33. The van der Waals surface area contributed by atoms with Gasteiger partial charge in [-0.15, -0.1) is 0 Å². The standard InChI is InChI=1S/C12H11BrFN3/c1-2-15-12-6-11(16-7-17-12)9-5-8(13)3-4-10(9)14/h3-7H,2H2,1H3,(H,15,16,17). The third-order valence-electron chi connectivity index (χ3n) is 2.23. The topological polar surface area (TPSA) is 37.8 Å². The number of anilines is 1. The van der Waals surface area contributed by atoms with E-state index < -0.39 is 0 Å². The summed E-state index contributed by atoms with van der Waals surface area (Å²) in [4.78, 5) is 8.13. The van der Waals surface area contributed by atoms with Gasteiger partial charge in [0, 0.05) is 22.6 Å². The minimum absolute atomic E-state index is 0.297. The predicted molar refractivity (Wildman–Crippen MR) is 69.3 cm³/mol. The summed E-state index contributed by atoms with van der Waals surface area (Å²) in [5.74, 6) is 0.395. The normalized spacial score (nSPS) is 10.3. The molecule has 88 valence electrons. The average molecular weight is 296 g/mol. The minimum Gasteiger partial charge on any atom is -0.370 e. The Kier molecular flexibility index (Phi) is 3.68. The molecule has 2 rings (SSSR count). The number of halogens is 2. The molecule has 0 fully saturated rings. The Morgan fingerprint density at radius 2 is 2.12 bits per heavy atom. The van der Waals surface area contributed by atoms with E-state index >= 15 is 0 Å². The molecule has 0 aliphatic rings. The maximum atomic E-state index is 13.7. The van der Waals surface area contributed by atoms with Gasteiger partial charge in [-0.25, -0.2) is 14.4 Å². The highest BCUT2D eigenvalue weighted by Crippen LogP contribution is 2.25. The Balaban J connectivity index is 2.45. The quantitative estimate of drug-likeness (QED) is 0.942. The summed E-state index contributed by atoms with van der Waals surface area (Å²) in [7, 11) is 0. The summed E-state index contributed by atoms with van der Waals surface area (Å²) >= 11 is 3.32. The number of nitrogens with one attached hydrogen (secondary N) is 1. The monoisotopic (exact) mass is 295 g/mol. The molecule has 1 aromatic carbocycles. The van der Waals surface area contributed by atoms with Crippen molar-refractivity contribution in [3.8, 4) is 11.3 Å². The third kappa shape index (κ3) is 2.79. The van der Waals surface area contributed by atoms with E-state index in [4.69, 9.17) is 0 Å². The molecule has 1 heterocycles. The van der Waals surface area contributed by atoms with Crippen molar-refractivity contribution in [2.24, 2.45) is 0 Å². The van der Waals surface area contributed by atoms with Crippen molar-refractivity contribution in [1.29, 1.82) is 0 Å². The fourth-order valence-electron chi connectivity index (χ4n) is 1.48. The van der Waals surface area contributed by atoms with Crippen LogP contribution in [0.4, 0.5) is 10.2 Å². The van der Waals surface area contributed by atoms with Gasteiger partial charge in [-0.3, -0.25) is 0 Å². The number of hydrogen-bond acceptors (Lipinski definition) is 3. The molecule has 5 heteroatoms. The van der Waals surface area contributed by atoms with Crippen molar-refractivity contribution in [2.75, 3.05) is 11.9 Å². The van der Waals surface area contributed by atoms with Crippen LogP contribution in [0.25, 0.3) is 11.3 Å². The van der Waals surface area contributed by atoms with E-state index in [0.717, 1.165) is 11.0 Å². The zero-order valence-electron chi connectivity index (χ0n) is 9.24. The fourth-order valence-corrected chi connectivity index (χ4v) is 1.84. The van der Waals surface area contributed by atoms with Gasteiger partial charge in [-0.2, -0.15) is 0 Å². The van der Waals surface area contributed by atoms with Crippen LogP contribution in [0.1, 0.15) is 6.92 Å². The van der Waals surface area contributed by atoms with Gasteiger partial charge in [0.15, 0.2) is 0 Å². The molecule has 0 saturated carbocycles. The first-order valence-electron chi connectivity index (χ1n) is 5.22. The van der Waals surface area contributed by atoms with Gasteiger partial charge in [0.25, 0.3) is 0 Å². The van der Waals surface area contributed by atoms with Gasteiger partial charge in [0.1, 0.15) is 18.0 Å². The second-order valence-electron chi connectivity index (χ2n) is 3.44. The fraction of sp³-hybridized carbons (Fsp3) is 0.167. The van der Waals surface area contributed by atoms with Crippen LogP contribution in [-0.2, 0) is 0 Å². The Hall–Kier alpha value is -1.49. The number of hydrogen-bond donors (Lipinski definition) is 1. The molecule has 1 N–H and O–H groups in total. The molecule has 0 aliphatic carbocycles. The highest BCUT2D eigenvalue weighted by Gasteiger charge is 2.08. The number of rotatable bonds is 3. The van der Waals surface area contributed by atoms with Crippen molar-refractivity contribution in [3.05, 3.63) is 40.9 Å². The van der Waals surface area contributed by atoms with Gasteiger partial charge >= 0.3 is 0 Å². The molecular weight excluding hydrogens is 285 g/mol. The Morgan fingerprint density at radius 3 is 2.88 bits per heavy atom. The van der Waals surface area contributed by atoms with Gasteiger partial charge < -0.3 is 5.32 Å². The SMILES string of the molecule is CCNc1cc(-c2cc(Br)ccc2F)ncn1. The summed E-state index contributed by atoms with van der Waals surface area (Å²) < 4.78 is 14.5. The lowest BCUT2D eigenvalue weighted by atomic mass is 10.1. The van der Waals surface area contributed by atoms with Crippen LogP contribution in [0.2, 0.25) is 0 Å². The maximum absolute atomic E-state index is 13.7. The molecule has 0 spiro atoms. The van der Waals surface area contributed by atoms with Crippen molar-refractivity contribution in [3.63, 3.8) is 0 Å². The summed E-state index contributed by atoms with van der Waals surface area (Å²) in [6.45, 7) is 2.74. The zero-order chi connectivity index (χ0) is 12.3. The highest BCUT2D eigenvalue weighted by molar-refractivity contribution is 9.10. The molecule has 0 radical (unpaired) electrons. The number of aromatic nitrogens is 2. The Morgan fingerprint density at radius 1 is 1.29 bits per heavy atom. The third-order valence-corrected chi connectivity index (χ3v) is 2.72. The molecule has 2 aromatic rings. The zero-order valence-corrected chi connectivity index (χ0v) is 10.8. The molecule has 1 aromatic heterocycles. The minimum atomic E-state index is -0.297. The second-order valence-corrected chi connectivity index (χ2v) is 4.36. The van der Waals surface area contributed by atoms with Crippen LogP contribution in [0.15, 0.2) is 35.1 Å². The van der Waals surface area contributed by atoms with Gasteiger partial charge in [0.05, 0.1) is 5.69 Å². The van der Waals surface area contributed by atoms with E-state index in [9.17, 15) is 4.39 Å². The molecule has 3 nitrogen and oxygen atoms in total. The van der Waals surface area contributed by atoms with Gasteiger partial charge in [-0.1, -0.05) is 15.9 Å². The van der Waals surface area contributed by atoms with Crippen molar-refractivity contribution < 1.29 is 4.39 Å². The van der Waals surface area contributed by atoms with Crippen molar-refractivity contribution >= 4 is 21.7 Å². The molecular formula is C12H11BrFN3. The lowest BCUT2D eigenvalue weighted by Gasteiger charge is -2.06. The highest BCUT2D eigenvalue weighted by atomic mass is 79.9. The first kappa shape index (κ1) is 12.0. The van der Waals surface area contributed by atoms with Crippen molar-refractivity contribution in [1.82, 2.24) is 9.97 Å². The van der Waals surface area contributed by atoms with Gasteiger partial charge in [-0.05, 0) is 25.1 Å². The summed E-state index contributed by atoms with van der Waals surface area (Å²) in [6, 6.07) is 6.50. The predicted octanol–water partition coefficient (Wildman–Crippen LogP) is 3.48. The summed E-state index contributed by atoms with van der Waals surface area (Å²) in [6.07, 6.45) is 1.42. The Bertz CT molecular complexity index is 531. The van der Waals surface area contributed by atoms with Crippen molar-refractivity contribution in [2.45, 2.75) is 6.92 Å². The smallest absolute Gasteiger partial charge is 0.132 e. The molecule has 0 bridgehead atoms. The molecule has 0 aliphatic heterocycles. The maximum Gasteiger partial charge on any atom is 0.132 e. The van der Waals surface area contributed by atoms with E-state index in [2.05, 4.69) is 31.2 Å². The van der Waals surface area contributed by atoms with E-state index in [1.807, 2.05) is 6.92 Å². The van der Waals surface area contributed by atoms with E-state index in [-0.39, 0.29) is 5.82 Å². The molecule has 17 heavy (non-hydrogen) atoms. The van der Waals surface area contributed by atoms with Crippen LogP contribution in [0.3, 0.4) is 0 Å². The number of nitrogens with zero attached hydrogens (tertiary/aromatic N) is 2. The van der Waals surface area contributed by atoms with Crippen LogP contribution in [0, 0.1) is 5.82 Å². The van der Waals surface area contributed by atoms with E-state index in [1.165, 1.54) is 12.4 Å². The number of benzene rings is 1. The van der Waals surface area contributed by atoms with Crippen LogP contribution in [-0.4, -0.2) is 16.5 Å². The molecule has 0 saturated heterocycles. The molecule has 0 amide bonds. The Labute approximate surface area is 107 Å². The van der Waals surface area contributed by atoms with Crippen LogP contribution < -0.4 is 5.32 Å². The second kappa shape index (κ2) is 5.23. The lowest BCUT2D eigenvalue weighted by Crippen LogP contribution is -2.00. The molecule has 0 unspecified atom stereocenters. The lowest BCUT2D eigenvalue weighted by molar-refractivity contribution is 0.630. The summed E-state index contributed by atoms with van der Waals surface area (Å²) in [5.41, 5.74) is 1.02. The van der Waals surface area contributed by atoms with E-state index in [1.54, 1.807) is 18.2 Å². The first-order chi connectivity index (χ1) is 8.20. The van der Waals surface area contributed by atoms with Crippen LogP contribution >= 0.6 is 15.9 Å². The first-order valence-corrected chi connectivity index (χ1v) is 6.01. The van der Waals surface area contributed by atoms with Crippen LogP contribution in [0.5, 0.6) is 0 Å².